The molecular weight excluding hydrogens is 346 g/mol. The molecule has 4 rings (SSSR count). The maximum atomic E-state index is 12.2. The lowest BCUT2D eigenvalue weighted by Gasteiger charge is -2.08. The maximum Gasteiger partial charge on any atom is 0.120 e. The van der Waals surface area contributed by atoms with Crippen molar-refractivity contribution in [3.8, 4) is 5.75 Å². The number of hydrogen-bond donors (Lipinski definition) is 1. The summed E-state index contributed by atoms with van der Waals surface area (Å²) in [7, 11) is -1.07. The van der Waals surface area contributed by atoms with Crippen molar-refractivity contribution in [3.63, 3.8) is 0 Å². The second-order valence-corrected chi connectivity index (χ2v) is 7.63. The van der Waals surface area contributed by atoms with Gasteiger partial charge < -0.3 is 14.6 Å². The molecule has 0 saturated heterocycles. The van der Waals surface area contributed by atoms with Crippen molar-refractivity contribution in [2.24, 2.45) is 4.99 Å². The van der Waals surface area contributed by atoms with Crippen molar-refractivity contribution < 1.29 is 8.95 Å². The van der Waals surface area contributed by atoms with Crippen LogP contribution in [0.1, 0.15) is 5.56 Å². The predicted molar refractivity (Wildman–Crippen MR) is 105 cm³/mol. The van der Waals surface area contributed by atoms with E-state index in [9.17, 15) is 4.21 Å². The van der Waals surface area contributed by atoms with Crippen LogP contribution in [0.25, 0.3) is 10.9 Å². The Morgan fingerprint density at radius 2 is 2.08 bits per heavy atom. The molecule has 0 fully saturated rings. The molecule has 5 nitrogen and oxygen atoms in total. The van der Waals surface area contributed by atoms with Crippen LogP contribution in [0, 0.1) is 0 Å². The first-order valence-electron chi connectivity index (χ1n) is 8.61. The first-order chi connectivity index (χ1) is 12.7. The summed E-state index contributed by atoms with van der Waals surface area (Å²) in [5.74, 6) is 1.75. The summed E-state index contributed by atoms with van der Waals surface area (Å²) in [6, 6.07) is 16.0. The lowest BCUT2D eigenvalue weighted by atomic mass is 10.2. The number of ether oxygens (including phenoxy) is 1. The summed E-state index contributed by atoms with van der Waals surface area (Å²) in [6.45, 7) is 2.88. The molecule has 0 spiro atoms. The average Bonchev–Trinajstić information content (AvgIpc) is 3.29. The van der Waals surface area contributed by atoms with E-state index in [1.54, 1.807) is 6.26 Å². The summed E-state index contributed by atoms with van der Waals surface area (Å²) < 4.78 is 20.2. The zero-order chi connectivity index (χ0) is 17.9. The van der Waals surface area contributed by atoms with Gasteiger partial charge in [-0.15, -0.1) is 0 Å². The van der Waals surface area contributed by atoms with Crippen molar-refractivity contribution in [2.45, 2.75) is 18.0 Å². The number of rotatable bonds is 6. The van der Waals surface area contributed by atoms with Gasteiger partial charge in [-0.25, -0.2) is 0 Å². The third-order valence-electron chi connectivity index (χ3n) is 4.44. The van der Waals surface area contributed by atoms with E-state index < -0.39 is 10.8 Å². The van der Waals surface area contributed by atoms with Crippen LogP contribution in [-0.2, 0) is 24.0 Å². The van der Waals surface area contributed by atoms with Crippen LogP contribution >= 0.6 is 0 Å². The summed E-state index contributed by atoms with van der Waals surface area (Å²) in [4.78, 5) is 5.28. The number of amidine groups is 1. The lowest BCUT2D eigenvalue weighted by Crippen LogP contribution is -2.23. The van der Waals surface area contributed by atoms with Crippen molar-refractivity contribution in [2.75, 3.05) is 19.3 Å². The number of hydrogen-bond acceptors (Lipinski definition) is 4. The van der Waals surface area contributed by atoms with Crippen molar-refractivity contribution in [3.05, 3.63) is 60.3 Å². The molecule has 1 aliphatic rings. The van der Waals surface area contributed by atoms with Gasteiger partial charge in [0.1, 0.15) is 18.2 Å². The summed E-state index contributed by atoms with van der Waals surface area (Å²) in [5, 5.41) is 4.25. The van der Waals surface area contributed by atoms with E-state index in [4.69, 9.17) is 4.74 Å². The van der Waals surface area contributed by atoms with Crippen LogP contribution in [0.3, 0.4) is 0 Å². The average molecular weight is 367 g/mol. The van der Waals surface area contributed by atoms with Gasteiger partial charge in [0.05, 0.1) is 28.8 Å². The van der Waals surface area contributed by atoms with Crippen LogP contribution in [0.15, 0.2) is 64.6 Å². The van der Waals surface area contributed by atoms with Crippen LogP contribution in [0.2, 0.25) is 0 Å². The van der Waals surface area contributed by atoms with E-state index in [0.717, 1.165) is 46.0 Å². The highest BCUT2D eigenvalue weighted by molar-refractivity contribution is 7.84. The van der Waals surface area contributed by atoms with Gasteiger partial charge >= 0.3 is 0 Å². The molecule has 0 amide bonds. The van der Waals surface area contributed by atoms with Gasteiger partial charge in [0.2, 0.25) is 0 Å². The van der Waals surface area contributed by atoms with Crippen LogP contribution in [0.5, 0.6) is 5.75 Å². The number of aromatic nitrogens is 1. The number of nitrogens with one attached hydrogen (secondary N) is 1. The molecule has 0 bridgehead atoms. The fraction of sp³-hybridized carbons (Fsp3) is 0.250. The Morgan fingerprint density at radius 3 is 2.81 bits per heavy atom. The summed E-state index contributed by atoms with van der Waals surface area (Å²) in [6.07, 6.45) is 3.67. The monoisotopic (exact) mass is 367 g/mol. The molecule has 0 radical (unpaired) electrons. The minimum Gasteiger partial charge on any atom is -0.489 e. The molecule has 0 saturated carbocycles. The Hall–Kier alpha value is -2.60. The van der Waals surface area contributed by atoms with Gasteiger partial charge in [0, 0.05) is 29.9 Å². The largest absolute Gasteiger partial charge is 0.489 e. The highest BCUT2D eigenvalue weighted by atomic mass is 32.2. The van der Waals surface area contributed by atoms with E-state index in [-0.39, 0.29) is 0 Å². The zero-order valence-electron chi connectivity index (χ0n) is 14.6. The SMILES string of the molecule is CS(=O)c1cn(CC2=NCCN2)c2ccc(OCc3ccccc3)cc12. The molecule has 1 N–H and O–H groups in total. The van der Waals surface area contributed by atoms with E-state index in [0.29, 0.717) is 13.2 Å². The molecule has 26 heavy (non-hydrogen) atoms. The van der Waals surface area contributed by atoms with Gasteiger partial charge in [-0.1, -0.05) is 30.3 Å². The van der Waals surface area contributed by atoms with Gasteiger partial charge in [0.25, 0.3) is 0 Å². The molecule has 1 aliphatic heterocycles. The topological polar surface area (TPSA) is 55.6 Å². The molecule has 1 aromatic heterocycles. The smallest absolute Gasteiger partial charge is 0.120 e. The Balaban J connectivity index is 1.63. The first-order valence-corrected chi connectivity index (χ1v) is 10.2. The molecule has 0 aliphatic carbocycles. The summed E-state index contributed by atoms with van der Waals surface area (Å²) >= 11 is 0. The highest BCUT2D eigenvalue weighted by Gasteiger charge is 2.15. The van der Waals surface area contributed by atoms with Gasteiger partial charge in [-0.3, -0.25) is 9.20 Å². The Labute approximate surface area is 155 Å². The minimum absolute atomic E-state index is 0.512. The first kappa shape index (κ1) is 16.8. The van der Waals surface area contributed by atoms with Crippen molar-refractivity contribution in [1.29, 1.82) is 0 Å². The Morgan fingerprint density at radius 1 is 1.23 bits per heavy atom. The second-order valence-electron chi connectivity index (χ2n) is 6.28. The van der Waals surface area contributed by atoms with E-state index in [1.165, 1.54) is 0 Å². The van der Waals surface area contributed by atoms with Crippen molar-refractivity contribution >= 4 is 27.5 Å². The number of aliphatic imine (C=N–C) groups is 1. The van der Waals surface area contributed by atoms with Gasteiger partial charge in [-0.05, 0) is 23.8 Å². The molecule has 6 heteroatoms. The van der Waals surface area contributed by atoms with E-state index >= 15 is 0 Å². The van der Waals surface area contributed by atoms with Crippen molar-refractivity contribution in [1.82, 2.24) is 9.88 Å². The van der Waals surface area contributed by atoms with Gasteiger partial charge in [-0.2, -0.15) is 0 Å². The zero-order valence-corrected chi connectivity index (χ0v) is 15.5. The van der Waals surface area contributed by atoms with E-state index in [1.807, 2.05) is 54.7 Å². The van der Waals surface area contributed by atoms with E-state index in [2.05, 4.69) is 14.9 Å². The molecule has 134 valence electrons. The Bertz CT molecular complexity index is 979. The predicted octanol–water partition coefficient (Wildman–Crippen LogP) is 2.96. The molecule has 1 atom stereocenters. The number of benzene rings is 2. The maximum absolute atomic E-state index is 12.2. The molecule has 2 heterocycles. The molecular formula is C20H21N3O2S. The third-order valence-corrected chi connectivity index (χ3v) is 5.38. The molecule has 1 unspecified atom stereocenters. The Kier molecular flexibility index (Phi) is 4.75. The quantitative estimate of drug-likeness (QED) is 0.729. The van der Waals surface area contributed by atoms with Crippen LogP contribution in [-0.4, -0.2) is 34.0 Å². The number of nitrogens with zero attached hydrogens (tertiary/aromatic N) is 2. The minimum atomic E-state index is -1.07. The second kappa shape index (κ2) is 7.33. The highest BCUT2D eigenvalue weighted by Crippen LogP contribution is 2.28. The summed E-state index contributed by atoms with van der Waals surface area (Å²) in [5.41, 5.74) is 2.16. The fourth-order valence-electron chi connectivity index (χ4n) is 3.15. The van der Waals surface area contributed by atoms with Crippen LogP contribution in [0.4, 0.5) is 0 Å². The fourth-order valence-corrected chi connectivity index (χ4v) is 3.90. The third kappa shape index (κ3) is 3.51. The van der Waals surface area contributed by atoms with Gasteiger partial charge in [0.15, 0.2) is 0 Å². The number of fused-ring (bicyclic) bond motifs is 1. The molecule has 2 aromatic carbocycles. The normalized spacial score (nSPS) is 14.9. The van der Waals surface area contributed by atoms with Crippen LogP contribution < -0.4 is 10.1 Å². The lowest BCUT2D eigenvalue weighted by molar-refractivity contribution is 0.306. The molecule has 3 aromatic rings. The standard InChI is InChI=1S/C20H21N3O2S/c1-26(24)19-12-23(13-20-21-9-10-22-20)18-8-7-16(11-17(18)19)25-14-15-5-3-2-4-6-15/h2-8,11-12H,9-10,13-14H2,1H3,(H,21,22).